The third-order valence-electron chi connectivity index (χ3n) is 16.3. The van der Waals surface area contributed by atoms with Gasteiger partial charge >= 0.3 is 11.9 Å². The molecule has 0 aliphatic rings. The average molecular weight is 1320 g/mol. The lowest BCUT2D eigenvalue weighted by Gasteiger charge is -2.26. The molecule has 0 spiro atoms. The molecular weight excluding hydrogens is 1170 g/mol. The first-order valence-electron chi connectivity index (χ1n) is 38.6. The minimum Gasteiger partial charge on any atom is -0.545 e. The van der Waals surface area contributed by atoms with Crippen molar-refractivity contribution in [3.8, 4) is 0 Å². The number of unbranched alkanes of at least 4 members (excludes halogenated alkanes) is 29. The highest BCUT2D eigenvalue weighted by atomic mass is 16.7. The number of aliphatic carboxylic acids is 1. The maximum absolute atomic E-state index is 13.0. The van der Waals surface area contributed by atoms with E-state index >= 15 is 0 Å². The van der Waals surface area contributed by atoms with Gasteiger partial charge in [0.1, 0.15) is 13.2 Å². The molecule has 9 nitrogen and oxygen atoms in total. The van der Waals surface area contributed by atoms with Crippen LogP contribution in [0, 0.1) is 0 Å². The van der Waals surface area contributed by atoms with Gasteiger partial charge < -0.3 is 33.3 Å². The number of ether oxygens (including phenoxy) is 4. The Labute approximate surface area is 584 Å². The van der Waals surface area contributed by atoms with E-state index < -0.39 is 24.3 Å². The van der Waals surface area contributed by atoms with Crippen LogP contribution < -0.4 is 5.11 Å². The lowest BCUT2D eigenvalue weighted by atomic mass is 10.0. The number of allylic oxidation sites excluding steroid dienone is 26. The summed E-state index contributed by atoms with van der Waals surface area (Å²) in [5.74, 6) is -2.28. The molecule has 0 heterocycles. The monoisotopic (exact) mass is 1320 g/mol. The van der Waals surface area contributed by atoms with Gasteiger partial charge in [-0.05, 0) is 122 Å². The Morgan fingerprint density at radius 2 is 0.568 bits per heavy atom. The van der Waals surface area contributed by atoms with Gasteiger partial charge in [-0.3, -0.25) is 9.59 Å². The Bertz CT molecular complexity index is 2130. The van der Waals surface area contributed by atoms with Crippen molar-refractivity contribution in [2.75, 3.05) is 47.5 Å². The first-order chi connectivity index (χ1) is 46.6. The fraction of sp³-hybridized carbons (Fsp3) is 0.663. The predicted octanol–water partition coefficient (Wildman–Crippen LogP) is 23.5. The van der Waals surface area contributed by atoms with Crippen molar-refractivity contribution in [1.29, 1.82) is 0 Å². The van der Waals surface area contributed by atoms with Crippen LogP contribution in [0.4, 0.5) is 0 Å². The molecule has 0 saturated heterocycles. The molecule has 0 amide bonds. The molecule has 2 atom stereocenters. The highest BCUT2D eigenvalue weighted by Crippen LogP contribution is 2.18. The molecule has 95 heavy (non-hydrogen) atoms. The molecule has 0 bridgehead atoms. The van der Waals surface area contributed by atoms with Gasteiger partial charge in [0.2, 0.25) is 0 Å². The second kappa shape index (κ2) is 74.7. The molecule has 9 heteroatoms. The third-order valence-corrected chi connectivity index (χ3v) is 16.3. The summed E-state index contributed by atoms with van der Waals surface area (Å²) in [7, 11) is 5.93. The van der Waals surface area contributed by atoms with Gasteiger partial charge in [-0.15, -0.1) is 0 Å². The molecule has 0 aromatic rings. The van der Waals surface area contributed by atoms with Crippen LogP contribution in [0.2, 0.25) is 0 Å². The number of carbonyl (C=O) groups excluding carboxylic acids is 3. The smallest absolute Gasteiger partial charge is 0.306 e. The molecule has 0 aliphatic heterocycles. The molecule has 0 aromatic carbocycles. The van der Waals surface area contributed by atoms with Gasteiger partial charge in [0, 0.05) is 12.8 Å². The molecular formula is C86H143NO8. The van der Waals surface area contributed by atoms with E-state index in [0.717, 1.165) is 122 Å². The van der Waals surface area contributed by atoms with Crippen molar-refractivity contribution in [3.63, 3.8) is 0 Å². The quantitative estimate of drug-likeness (QED) is 0.0195. The number of likely N-dealkylation sites (N-methyl/N-ethyl adjacent to an activating group) is 1. The summed E-state index contributed by atoms with van der Waals surface area (Å²) in [4.78, 5) is 37.6. The predicted molar refractivity (Wildman–Crippen MR) is 407 cm³/mol. The third kappa shape index (κ3) is 76.1. The maximum Gasteiger partial charge on any atom is 0.306 e. The summed E-state index contributed by atoms with van der Waals surface area (Å²) in [5, 5.41) is 11.9. The van der Waals surface area contributed by atoms with Gasteiger partial charge in [0.05, 0.1) is 40.3 Å². The van der Waals surface area contributed by atoms with Crippen LogP contribution in [0.3, 0.4) is 0 Å². The van der Waals surface area contributed by atoms with Gasteiger partial charge in [-0.1, -0.05) is 332 Å². The van der Waals surface area contributed by atoms with Crippen LogP contribution in [-0.4, -0.2) is 82.3 Å². The van der Waals surface area contributed by atoms with Crippen LogP contribution in [-0.2, 0) is 33.3 Å². The van der Waals surface area contributed by atoms with E-state index in [1.165, 1.54) is 154 Å². The van der Waals surface area contributed by atoms with Crippen molar-refractivity contribution in [1.82, 2.24) is 0 Å². The number of carboxylic acids is 1. The van der Waals surface area contributed by atoms with Crippen LogP contribution in [0.15, 0.2) is 158 Å². The largest absolute Gasteiger partial charge is 0.545 e. The highest BCUT2D eigenvalue weighted by Gasteiger charge is 2.22. The summed E-state index contributed by atoms with van der Waals surface area (Å²) in [6.07, 6.45) is 108. The first-order valence-corrected chi connectivity index (χ1v) is 38.6. The number of hydrogen-bond acceptors (Lipinski definition) is 8. The fourth-order valence-electron chi connectivity index (χ4n) is 10.5. The van der Waals surface area contributed by atoms with Gasteiger partial charge in [0.25, 0.3) is 0 Å². The number of carbonyl (C=O) groups is 3. The Morgan fingerprint density at radius 3 is 0.842 bits per heavy atom. The highest BCUT2D eigenvalue weighted by molar-refractivity contribution is 5.70. The van der Waals surface area contributed by atoms with Gasteiger partial charge in [0.15, 0.2) is 12.4 Å². The van der Waals surface area contributed by atoms with Crippen molar-refractivity contribution >= 4 is 17.9 Å². The first kappa shape index (κ1) is 89.9. The Kier molecular flexibility index (Phi) is 70.7. The minimum atomic E-state index is -1.63. The van der Waals surface area contributed by atoms with E-state index in [-0.39, 0.29) is 38.6 Å². The van der Waals surface area contributed by atoms with Crippen LogP contribution in [0.25, 0.3) is 0 Å². The molecule has 0 fully saturated rings. The summed E-state index contributed by atoms with van der Waals surface area (Å²) in [5.41, 5.74) is 0. The summed E-state index contributed by atoms with van der Waals surface area (Å²) >= 11 is 0. The Hall–Kier alpha value is -5.09. The van der Waals surface area contributed by atoms with E-state index in [9.17, 15) is 19.5 Å². The molecule has 0 aromatic heterocycles. The lowest BCUT2D eigenvalue weighted by molar-refractivity contribution is -0.870. The zero-order valence-corrected chi connectivity index (χ0v) is 61.7. The maximum atomic E-state index is 13.0. The standard InChI is InChI=1S/C86H143NO8/c1-6-8-10-12-14-16-18-20-22-24-26-28-30-32-34-36-37-38-39-40-41-42-43-44-45-46-47-49-51-53-55-57-59-61-63-65-67-69-71-73-75-77-84(89)95-82(81-94-86(85(90)91)92-79-78-87(3,4)5)80-93-83(88)76-74-72-70-68-66-64-62-60-58-56-54-52-50-48-35-33-31-29-27-25-23-21-19-17-15-13-11-9-7-2/h8-11,14-17,20-23,26-29,32-35,37-38,40-41,43-44,82,86H,6-7,12-13,18-19,24-25,30-31,36,39,42,45-81H2,1-5H3/b10-8-,11-9-,16-14-,17-15-,22-20-,23-21-,28-26-,29-27-,34-32-,35-33-,38-37-,41-40-,44-43-. The fourth-order valence-corrected chi connectivity index (χ4v) is 10.5. The number of hydrogen-bond donors (Lipinski definition) is 0. The summed E-state index contributed by atoms with van der Waals surface area (Å²) < 4.78 is 22.8. The molecule has 0 aliphatic carbocycles. The van der Waals surface area contributed by atoms with Crippen molar-refractivity contribution in [2.24, 2.45) is 0 Å². The number of nitrogens with zero attached hydrogens (tertiary/aromatic N) is 1. The second-order valence-corrected chi connectivity index (χ2v) is 26.5. The molecule has 2 unspecified atom stereocenters. The lowest BCUT2D eigenvalue weighted by Crippen LogP contribution is -2.44. The molecule has 0 saturated carbocycles. The van der Waals surface area contributed by atoms with Crippen LogP contribution >= 0.6 is 0 Å². The van der Waals surface area contributed by atoms with Crippen LogP contribution in [0.5, 0.6) is 0 Å². The minimum absolute atomic E-state index is 0.142. The van der Waals surface area contributed by atoms with Crippen LogP contribution in [0.1, 0.15) is 309 Å². The van der Waals surface area contributed by atoms with Gasteiger partial charge in [-0.2, -0.15) is 0 Å². The Balaban J connectivity index is 4.07. The number of rotatable bonds is 70. The summed E-state index contributed by atoms with van der Waals surface area (Å²) in [6.45, 7) is 4.53. The van der Waals surface area contributed by atoms with Crippen molar-refractivity contribution < 1.29 is 42.9 Å². The topological polar surface area (TPSA) is 111 Å². The second-order valence-electron chi connectivity index (χ2n) is 26.5. The normalized spacial score (nSPS) is 13.6. The van der Waals surface area contributed by atoms with E-state index in [0.29, 0.717) is 17.4 Å². The van der Waals surface area contributed by atoms with Crippen molar-refractivity contribution in [3.05, 3.63) is 158 Å². The summed E-state index contributed by atoms with van der Waals surface area (Å²) in [6, 6.07) is 0. The SMILES string of the molecule is CC/C=C\C/C=C\C/C=C\C/C=C\C/C=C\C/C=C\C/C=C\C/C=C\CCCCCCCCCCCCCCCCCCC(=O)OC(COC(=O)CCCCCCCCCCCCCCC/C=C\C/C=C\C/C=C\C/C=C\C/C=C\CC)COC(OCC[N+](C)(C)C)C(=O)[O-]. The number of quaternary nitrogens is 1. The van der Waals surface area contributed by atoms with Crippen molar-refractivity contribution in [2.45, 2.75) is 322 Å². The Morgan fingerprint density at radius 1 is 0.316 bits per heavy atom. The zero-order valence-electron chi connectivity index (χ0n) is 61.7. The molecule has 0 N–H and O–H groups in total. The van der Waals surface area contributed by atoms with E-state index in [2.05, 4.69) is 172 Å². The van der Waals surface area contributed by atoms with E-state index in [1.807, 2.05) is 21.1 Å². The zero-order chi connectivity index (χ0) is 69.0. The molecule has 0 rings (SSSR count). The van der Waals surface area contributed by atoms with E-state index in [4.69, 9.17) is 18.9 Å². The average Bonchev–Trinajstić information content (AvgIpc) is 3.54. The molecule has 0 radical (unpaired) electrons. The number of esters is 2. The van der Waals surface area contributed by atoms with E-state index in [1.54, 1.807) is 0 Å². The number of carboxylic acid groups (broad SMARTS) is 1. The molecule has 540 valence electrons. The van der Waals surface area contributed by atoms with Gasteiger partial charge in [-0.25, -0.2) is 0 Å².